The molecule has 0 bridgehead atoms. The number of Topliss-reactive ketones (excluding diaryl/α,β-unsaturated/α-hetero) is 1. The third kappa shape index (κ3) is 4.04. The van der Waals surface area contributed by atoms with Crippen LogP contribution < -0.4 is 0 Å². The summed E-state index contributed by atoms with van der Waals surface area (Å²) in [6.07, 6.45) is 0. The zero-order valence-corrected chi connectivity index (χ0v) is 17.5. The van der Waals surface area contributed by atoms with E-state index in [-0.39, 0.29) is 11.7 Å². The predicted molar refractivity (Wildman–Crippen MR) is 114 cm³/mol. The third-order valence-corrected chi connectivity index (χ3v) is 5.93. The Hall–Kier alpha value is -2.01. The molecule has 0 saturated carbocycles. The molecule has 28 heavy (non-hydrogen) atoms. The summed E-state index contributed by atoms with van der Waals surface area (Å²) in [7, 11) is 4.05. The van der Waals surface area contributed by atoms with Crippen molar-refractivity contribution in [3.63, 3.8) is 0 Å². The molecule has 1 aliphatic rings. The van der Waals surface area contributed by atoms with Crippen LogP contribution in [0.1, 0.15) is 28.4 Å². The van der Waals surface area contributed by atoms with E-state index in [0.717, 1.165) is 44.0 Å². The Morgan fingerprint density at radius 3 is 2.25 bits per heavy atom. The van der Waals surface area contributed by atoms with E-state index in [1.165, 1.54) is 5.56 Å². The molecular weight excluding hydrogens is 348 g/mol. The van der Waals surface area contributed by atoms with Crippen LogP contribution in [0.2, 0.25) is 0 Å². The zero-order valence-electron chi connectivity index (χ0n) is 17.5. The van der Waals surface area contributed by atoms with E-state index in [9.17, 15) is 4.79 Å². The normalized spacial score (nSPS) is 18.6. The van der Waals surface area contributed by atoms with Gasteiger partial charge in [-0.3, -0.25) is 14.6 Å². The van der Waals surface area contributed by atoms with E-state index in [2.05, 4.69) is 47.9 Å². The van der Waals surface area contributed by atoms with Gasteiger partial charge in [0, 0.05) is 25.2 Å². The number of ether oxygens (including phenoxy) is 1. The van der Waals surface area contributed by atoms with Crippen LogP contribution in [0.15, 0.2) is 54.6 Å². The van der Waals surface area contributed by atoms with Gasteiger partial charge < -0.3 is 4.74 Å². The molecule has 1 fully saturated rings. The molecule has 0 N–H and O–H groups in total. The molecule has 3 rings (SSSR count). The number of hydrogen-bond donors (Lipinski definition) is 0. The molecule has 150 valence electrons. The molecule has 0 amide bonds. The Kier molecular flexibility index (Phi) is 6.65. The van der Waals surface area contributed by atoms with Gasteiger partial charge in [-0.2, -0.15) is 0 Å². The molecule has 1 saturated heterocycles. The molecule has 4 nitrogen and oxygen atoms in total. The summed E-state index contributed by atoms with van der Waals surface area (Å²) in [6.45, 7) is 8.50. The van der Waals surface area contributed by atoms with Gasteiger partial charge in [0.15, 0.2) is 5.78 Å². The summed E-state index contributed by atoms with van der Waals surface area (Å²) in [4.78, 5) is 18.5. The van der Waals surface area contributed by atoms with Crippen molar-refractivity contribution in [2.24, 2.45) is 5.92 Å². The summed E-state index contributed by atoms with van der Waals surface area (Å²) in [5.41, 5.74) is 2.28. The number of rotatable bonds is 7. The maximum atomic E-state index is 14.0. The van der Waals surface area contributed by atoms with Crippen LogP contribution in [-0.2, 0) is 10.3 Å². The lowest BCUT2D eigenvalue weighted by molar-refractivity contribution is 0.00824. The summed E-state index contributed by atoms with van der Waals surface area (Å²) >= 11 is 0. The first-order chi connectivity index (χ1) is 13.5. The lowest BCUT2D eigenvalue weighted by Gasteiger charge is -2.45. The molecule has 0 spiro atoms. The quantitative estimate of drug-likeness (QED) is 0.687. The SMILES string of the molecule is Cc1ccc([C@](C(=O)c2ccccc2)([C@@H](C)CN2CCOCC2)N(C)C)cc1. The van der Waals surface area contributed by atoms with E-state index >= 15 is 0 Å². The number of aryl methyl sites for hydroxylation is 1. The average molecular weight is 381 g/mol. The molecule has 0 aromatic heterocycles. The monoisotopic (exact) mass is 380 g/mol. The lowest BCUT2D eigenvalue weighted by Crippen LogP contribution is -2.56. The van der Waals surface area contributed by atoms with Gasteiger partial charge >= 0.3 is 0 Å². The van der Waals surface area contributed by atoms with Crippen molar-refractivity contribution in [3.05, 3.63) is 71.3 Å². The van der Waals surface area contributed by atoms with Crippen molar-refractivity contribution in [2.45, 2.75) is 19.4 Å². The van der Waals surface area contributed by atoms with Gasteiger partial charge in [0.2, 0.25) is 0 Å². The minimum absolute atomic E-state index is 0.107. The van der Waals surface area contributed by atoms with Crippen LogP contribution in [0.3, 0.4) is 0 Å². The third-order valence-electron chi connectivity index (χ3n) is 5.93. The number of ketones is 1. The standard InChI is InChI=1S/C24H32N2O2/c1-19-10-12-22(13-11-19)24(25(3)4,23(27)21-8-6-5-7-9-21)20(2)18-26-14-16-28-17-15-26/h5-13,20H,14-18H2,1-4H3/t20-,24-/m0/s1. The predicted octanol–water partition coefficient (Wildman–Crippen LogP) is 3.60. The summed E-state index contributed by atoms with van der Waals surface area (Å²) in [5.74, 6) is 0.263. The Labute approximate surface area is 169 Å². The van der Waals surface area contributed by atoms with Crippen LogP contribution in [0.4, 0.5) is 0 Å². The first kappa shape index (κ1) is 20.7. The Morgan fingerprint density at radius 1 is 1.07 bits per heavy atom. The van der Waals surface area contributed by atoms with E-state index in [1.807, 2.05) is 44.4 Å². The molecule has 0 radical (unpaired) electrons. The molecule has 1 aliphatic heterocycles. The number of benzene rings is 2. The Balaban J connectivity index is 2.07. The fraction of sp³-hybridized carbons (Fsp3) is 0.458. The van der Waals surface area contributed by atoms with Gasteiger partial charge in [0.05, 0.1) is 13.2 Å². The fourth-order valence-electron chi connectivity index (χ4n) is 4.46. The summed E-state index contributed by atoms with van der Waals surface area (Å²) in [5, 5.41) is 0. The molecular formula is C24H32N2O2. The second-order valence-corrected chi connectivity index (χ2v) is 8.04. The van der Waals surface area contributed by atoms with Crippen molar-refractivity contribution < 1.29 is 9.53 Å². The Bertz CT molecular complexity index is 767. The molecule has 4 heteroatoms. The zero-order chi connectivity index (χ0) is 20.1. The number of nitrogens with zero attached hydrogens (tertiary/aromatic N) is 2. The van der Waals surface area contributed by atoms with Gasteiger partial charge in [-0.15, -0.1) is 0 Å². The van der Waals surface area contributed by atoms with Crippen LogP contribution in [0.25, 0.3) is 0 Å². The van der Waals surface area contributed by atoms with E-state index < -0.39 is 5.54 Å². The number of carbonyl (C=O) groups is 1. The topological polar surface area (TPSA) is 32.8 Å². The molecule has 0 aliphatic carbocycles. The maximum absolute atomic E-state index is 14.0. The number of likely N-dealkylation sites (N-methyl/N-ethyl adjacent to an activating group) is 1. The van der Waals surface area contributed by atoms with E-state index in [0.29, 0.717) is 0 Å². The van der Waals surface area contributed by atoms with Crippen molar-refractivity contribution >= 4 is 5.78 Å². The molecule has 2 atom stereocenters. The fourth-order valence-corrected chi connectivity index (χ4v) is 4.46. The van der Waals surface area contributed by atoms with Crippen LogP contribution in [0, 0.1) is 12.8 Å². The molecule has 2 aromatic carbocycles. The smallest absolute Gasteiger partial charge is 0.187 e. The van der Waals surface area contributed by atoms with Gasteiger partial charge in [0.1, 0.15) is 5.54 Å². The highest BCUT2D eigenvalue weighted by molar-refractivity contribution is 6.04. The van der Waals surface area contributed by atoms with Crippen LogP contribution >= 0.6 is 0 Å². The summed E-state index contributed by atoms with van der Waals surface area (Å²) in [6, 6.07) is 18.1. The number of morpholine rings is 1. The van der Waals surface area contributed by atoms with E-state index in [4.69, 9.17) is 4.74 Å². The van der Waals surface area contributed by atoms with Crippen molar-refractivity contribution in [1.82, 2.24) is 9.80 Å². The largest absolute Gasteiger partial charge is 0.379 e. The van der Waals surface area contributed by atoms with Crippen molar-refractivity contribution in [1.29, 1.82) is 0 Å². The van der Waals surface area contributed by atoms with Gasteiger partial charge in [-0.25, -0.2) is 0 Å². The first-order valence-electron chi connectivity index (χ1n) is 10.1. The molecule has 0 unspecified atom stereocenters. The number of hydrogen-bond acceptors (Lipinski definition) is 4. The summed E-state index contributed by atoms with van der Waals surface area (Å²) < 4.78 is 5.51. The first-order valence-corrected chi connectivity index (χ1v) is 10.1. The highest BCUT2D eigenvalue weighted by Crippen LogP contribution is 2.39. The minimum Gasteiger partial charge on any atom is -0.379 e. The van der Waals surface area contributed by atoms with Gasteiger partial charge in [-0.1, -0.05) is 67.1 Å². The van der Waals surface area contributed by atoms with Crippen molar-refractivity contribution in [3.8, 4) is 0 Å². The van der Waals surface area contributed by atoms with Gasteiger partial charge in [0.25, 0.3) is 0 Å². The second-order valence-electron chi connectivity index (χ2n) is 8.04. The highest BCUT2D eigenvalue weighted by Gasteiger charge is 2.47. The number of carbonyl (C=O) groups excluding carboxylic acids is 1. The Morgan fingerprint density at radius 2 is 1.68 bits per heavy atom. The molecule has 2 aromatic rings. The van der Waals surface area contributed by atoms with Crippen molar-refractivity contribution in [2.75, 3.05) is 46.9 Å². The minimum atomic E-state index is -0.729. The molecule has 1 heterocycles. The van der Waals surface area contributed by atoms with Gasteiger partial charge in [-0.05, 0) is 32.5 Å². The van der Waals surface area contributed by atoms with E-state index in [1.54, 1.807) is 0 Å². The van der Waals surface area contributed by atoms with Crippen LogP contribution in [0.5, 0.6) is 0 Å². The highest BCUT2D eigenvalue weighted by atomic mass is 16.5. The van der Waals surface area contributed by atoms with Crippen LogP contribution in [-0.4, -0.2) is 62.5 Å². The average Bonchev–Trinajstić information content (AvgIpc) is 2.71. The lowest BCUT2D eigenvalue weighted by atomic mass is 9.72. The maximum Gasteiger partial charge on any atom is 0.187 e. The second kappa shape index (κ2) is 8.99.